The summed E-state index contributed by atoms with van der Waals surface area (Å²) < 4.78 is 26.9. The van der Waals surface area contributed by atoms with Gasteiger partial charge < -0.3 is 11.5 Å². The largest absolute Gasteiger partial charge is 0.398 e. The predicted octanol–water partition coefficient (Wildman–Crippen LogP) is 0.692. The Hall–Kier alpha value is -1.60. The second-order valence-corrected chi connectivity index (χ2v) is 7.59. The van der Waals surface area contributed by atoms with E-state index in [2.05, 4.69) is 18.6 Å². The lowest BCUT2D eigenvalue weighted by molar-refractivity contribution is 0.1000. The smallest absolute Gasteiger partial charge is 0.248 e. The van der Waals surface area contributed by atoms with Crippen molar-refractivity contribution in [3.05, 3.63) is 23.8 Å². The van der Waals surface area contributed by atoms with E-state index in [0.717, 1.165) is 6.42 Å². The van der Waals surface area contributed by atoms with E-state index < -0.39 is 15.9 Å². The summed E-state index contributed by atoms with van der Waals surface area (Å²) in [6.07, 6.45) is 1.01. The van der Waals surface area contributed by atoms with Gasteiger partial charge >= 0.3 is 0 Å². The number of nitrogens with two attached hydrogens (primary N) is 2. The Morgan fingerprint density at radius 3 is 2.50 bits per heavy atom. The summed E-state index contributed by atoms with van der Waals surface area (Å²) >= 11 is 0. The van der Waals surface area contributed by atoms with Crippen LogP contribution < -0.4 is 16.2 Å². The first kappa shape index (κ1) is 14.8. The van der Waals surface area contributed by atoms with Crippen LogP contribution in [0.5, 0.6) is 0 Å². The van der Waals surface area contributed by atoms with Crippen LogP contribution in [0.15, 0.2) is 23.1 Å². The number of rotatable bonds is 5. The Bertz CT molecular complexity index is 653. The number of nitrogen functional groups attached to an aromatic ring is 1. The van der Waals surface area contributed by atoms with Gasteiger partial charge in [0.1, 0.15) is 4.90 Å². The van der Waals surface area contributed by atoms with Crippen molar-refractivity contribution in [1.29, 1.82) is 0 Å². The molecule has 0 aliphatic heterocycles. The van der Waals surface area contributed by atoms with Crippen LogP contribution in [0.1, 0.15) is 30.6 Å². The highest BCUT2D eigenvalue weighted by Gasteiger charge is 2.45. The topological polar surface area (TPSA) is 115 Å². The standard InChI is InChI=1S/C13H19N3O3S/c1-13(2)6-9(13)7-16-20(18,19)11-4-3-8(12(15)17)5-10(11)14/h3-5,9,16H,6-7,14H2,1-2H3,(H2,15,17). The minimum Gasteiger partial charge on any atom is -0.398 e. The number of benzene rings is 1. The maximum Gasteiger partial charge on any atom is 0.248 e. The lowest BCUT2D eigenvalue weighted by Crippen LogP contribution is -2.27. The molecule has 0 aromatic heterocycles. The van der Waals surface area contributed by atoms with Crippen LogP contribution in [-0.2, 0) is 10.0 Å². The molecule has 1 aromatic carbocycles. The molecule has 1 atom stereocenters. The number of sulfonamides is 1. The molecule has 0 bridgehead atoms. The van der Waals surface area contributed by atoms with Crippen molar-refractivity contribution in [2.24, 2.45) is 17.1 Å². The quantitative estimate of drug-likeness (QED) is 0.693. The first-order valence-corrected chi connectivity index (χ1v) is 7.81. The summed E-state index contributed by atoms with van der Waals surface area (Å²) in [7, 11) is -3.67. The minimum atomic E-state index is -3.67. The minimum absolute atomic E-state index is 0.0175. The molecular weight excluding hydrogens is 278 g/mol. The molecule has 2 rings (SSSR count). The van der Waals surface area contributed by atoms with Gasteiger partial charge in [-0.05, 0) is 36.0 Å². The van der Waals surface area contributed by atoms with Crippen LogP contribution in [0.4, 0.5) is 5.69 Å². The van der Waals surface area contributed by atoms with E-state index in [1.807, 2.05) is 0 Å². The molecule has 0 spiro atoms. The van der Waals surface area contributed by atoms with Gasteiger partial charge in [-0.3, -0.25) is 4.79 Å². The van der Waals surface area contributed by atoms with Crippen LogP contribution >= 0.6 is 0 Å². The highest BCUT2D eigenvalue weighted by Crippen LogP contribution is 2.51. The zero-order valence-corrected chi connectivity index (χ0v) is 12.3. The lowest BCUT2D eigenvalue weighted by atomic mass is 10.1. The molecule has 5 N–H and O–H groups in total. The molecule has 6 nitrogen and oxygen atoms in total. The molecule has 1 aromatic rings. The van der Waals surface area contributed by atoms with Gasteiger partial charge in [0.15, 0.2) is 0 Å². The highest BCUT2D eigenvalue weighted by molar-refractivity contribution is 7.89. The van der Waals surface area contributed by atoms with E-state index in [9.17, 15) is 13.2 Å². The van der Waals surface area contributed by atoms with Gasteiger partial charge in [0.25, 0.3) is 0 Å². The molecular formula is C13H19N3O3S. The number of carbonyl (C=O) groups is 1. The monoisotopic (exact) mass is 297 g/mol. The van der Waals surface area contributed by atoms with Crippen molar-refractivity contribution in [3.63, 3.8) is 0 Å². The van der Waals surface area contributed by atoms with E-state index in [-0.39, 0.29) is 21.6 Å². The van der Waals surface area contributed by atoms with Crippen LogP contribution in [0, 0.1) is 11.3 Å². The highest BCUT2D eigenvalue weighted by atomic mass is 32.2. The fourth-order valence-electron chi connectivity index (χ4n) is 2.16. The van der Waals surface area contributed by atoms with Crippen molar-refractivity contribution in [3.8, 4) is 0 Å². The maximum atomic E-state index is 12.2. The predicted molar refractivity (Wildman–Crippen MR) is 76.4 cm³/mol. The van der Waals surface area contributed by atoms with Gasteiger partial charge in [-0.1, -0.05) is 13.8 Å². The summed E-state index contributed by atoms with van der Waals surface area (Å²) in [5.41, 5.74) is 11.2. The van der Waals surface area contributed by atoms with Crippen molar-refractivity contribution in [1.82, 2.24) is 4.72 Å². The molecule has 0 radical (unpaired) electrons. The van der Waals surface area contributed by atoms with Gasteiger partial charge in [0.2, 0.25) is 15.9 Å². The summed E-state index contributed by atoms with van der Waals surface area (Å²) in [4.78, 5) is 11.0. The summed E-state index contributed by atoms with van der Waals surface area (Å²) in [6.45, 7) is 4.59. The third-order valence-electron chi connectivity index (χ3n) is 3.82. The molecule has 0 heterocycles. The van der Waals surface area contributed by atoms with E-state index >= 15 is 0 Å². The van der Waals surface area contributed by atoms with E-state index in [1.165, 1.54) is 18.2 Å². The molecule has 1 fully saturated rings. The van der Waals surface area contributed by atoms with E-state index in [4.69, 9.17) is 11.5 Å². The second-order valence-electron chi connectivity index (χ2n) is 5.86. The van der Waals surface area contributed by atoms with Gasteiger partial charge in [-0.25, -0.2) is 13.1 Å². The summed E-state index contributed by atoms with van der Waals surface area (Å²) in [5, 5.41) is 0. The first-order chi connectivity index (χ1) is 9.13. The fourth-order valence-corrected chi connectivity index (χ4v) is 3.35. The van der Waals surface area contributed by atoms with Crippen LogP contribution in [-0.4, -0.2) is 20.9 Å². The third kappa shape index (κ3) is 2.94. The second kappa shape index (κ2) is 4.75. The molecule has 1 saturated carbocycles. The van der Waals surface area contributed by atoms with E-state index in [0.29, 0.717) is 12.5 Å². The van der Waals surface area contributed by atoms with Crippen LogP contribution in [0.3, 0.4) is 0 Å². The Morgan fingerprint density at radius 2 is 2.05 bits per heavy atom. The number of amides is 1. The van der Waals surface area contributed by atoms with Crippen LogP contribution in [0.25, 0.3) is 0 Å². The Morgan fingerprint density at radius 1 is 1.45 bits per heavy atom. The molecule has 110 valence electrons. The molecule has 20 heavy (non-hydrogen) atoms. The van der Waals surface area contributed by atoms with Gasteiger partial charge in [0, 0.05) is 12.1 Å². The zero-order valence-electron chi connectivity index (χ0n) is 11.5. The summed E-state index contributed by atoms with van der Waals surface area (Å²) in [5.74, 6) is -0.295. The molecule has 1 unspecified atom stereocenters. The number of anilines is 1. The van der Waals surface area contributed by atoms with Crippen LogP contribution in [0.2, 0.25) is 0 Å². The van der Waals surface area contributed by atoms with Crippen molar-refractivity contribution in [2.45, 2.75) is 25.2 Å². The van der Waals surface area contributed by atoms with Crippen molar-refractivity contribution >= 4 is 21.6 Å². The molecule has 1 aliphatic rings. The Balaban J connectivity index is 2.15. The average molecular weight is 297 g/mol. The molecule has 1 amide bonds. The van der Waals surface area contributed by atoms with Crippen molar-refractivity contribution in [2.75, 3.05) is 12.3 Å². The number of nitrogens with one attached hydrogen (secondary N) is 1. The number of carbonyl (C=O) groups excluding carboxylic acids is 1. The molecule has 7 heteroatoms. The maximum absolute atomic E-state index is 12.2. The average Bonchev–Trinajstić information content (AvgIpc) is 2.94. The normalized spacial score (nSPS) is 20.6. The summed E-state index contributed by atoms with van der Waals surface area (Å²) in [6, 6.07) is 3.93. The Labute approximate surface area is 118 Å². The van der Waals surface area contributed by atoms with Gasteiger partial charge in [0.05, 0.1) is 5.69 Å². The SMILES string of the molecule is CC1(C)CC1CNS(=O)(=O)c1ccc(C(N)=O)cc1N. The van der Waals surface area contributed by atoms with Gasteiger partial charge in [-0.15, -0.1) is 0 Å². The number of primary amides is 1. The van der Waals surface area contributed by atoms with E-state index in [1.54, 1.807) is 0 Å². The van der Waals surface area contributed by atoms with Crippen molar-refractivity contribution < 1.29 is 13.2 Å². The zero-order chi connectivity index (χ0) is 15.1. The lowest BCUT2D eigenvalue weighted by Gasteiger charge is -2.10. The molecule has 1 aliphatic carbocycles. The van der Waals surface area contributed by atoms with Gasteiger partial charge in [-0.2, -0.15) is 0 Å². The fraction of sp³-hybridized carbons (Fsp3) is 0.462. The number of hydrogen-bond donors (Lipinski definition) is 3. The Kier molecular flexibility index (Phi) is 3.51. The third-order valence-corrected chi connectivity index (χ3v) is 5.32. The first-order valence-electron chi connectivity index (χ1n) is 6.32. The number of hydrogen-bond acceptors (Lipinski definition) is 4. The molecule has 0 saturated heterocycles.